The summed E-state index contributed by atoms with van der Waals surface area (Å²) in [5, 5.41) is 14.4. The molecule has 0 amide bonds. The van der Waals surface area contributed by atoms with Crippen LogP contribution in [0.25, 0.3) is 11.3 Å². The lowest BCUT2D eigenvalue weighted by molar-refractivity contribution is 0.268. The molecule has 5 nitrogen and oxygen atoms in total. The van der Waals surface area contributed by atoms with E-state index in [1.807, 2.05) is 18.2 Å². The predicted molar refractivity (Wildman–Crippen MR) is 121 cm³/mol. The Kier molecular flexibility index (Phi) is 8.35. The molecule has 6 heteroatoms. The van der Waals surface area contributed by atoms with Crippen LogP contribution in [0.5, 0.6) is 5.75 Å². The Labute approximate surface area is 182 Å². The summed E-state index contributed by atoms with van der Waals surface area (Å²) in [5.74, 6) is 0.000931. The van der Waals surface area contributed by atoms with Crippen LogP contribution in [0.1, 0.15) is 38.2 Å². The van der Waals surface area contributed by atoms with Crippen LogP contribution in [-0.2, 0) is 13.1 Å². The van der Waals surface area contributed by atoms with Gasteiger partial charge in [-0.25, -0.2) is 9.07 Å². The van der Waals surface area contributed by atoms with E-state index in [9.17, 15) is 14.3 Å². The molecule has 2 aromatic carbocycles. The maximum absolute atomic E-state index is 13.9. The number of aromatic nitrogens is 2. The number of aromatic hydroxyl groups is 1. The molecule has 0 aliphatic rings. The van der Waals surface area contributed by atoms with E-state index in [1.54, 1.807) is 30.3 Å². The Morgan fingerprint density at radius 1 is 0.968 bits per heavy atom. The van der Waals surface area contributed by atoms with Gasteiger partial charge in [0.05, 0.1) is 5.69 Å². The van der Waals surface area contributed by atoms with Crippen LogP contribution in [0.2, 0.25) is 0 Å². The summed E-state index contributed by atoms with van der Waals surface area (Å²) in [6, 6.07) is 17.1. The van der Waals surface area contributed by atoms with Crippen LogP contribution in [0.15, 0.2) is 65.5 Å². The van der Waals surface area contributed by atoms with Crippen LogP contribution in [0.4, 0.5) is 4.39 Å². The third kappa shape index (κ3) is 6.49. The van der Waals surface area contributed by atoms with Crippen LogP contribution >= 0.6 is 0 Å². The molecule has 1 N–H and O–H groups in total. The topological polar surface area (TPSA) is 58.4 Å². The minimum Gasteiger partial charge on any atom is -0.507 e. The van der Waals surface area contributed by atoms with E-state index in [0.29, 0.717) is 24.3 Å². The number of hydrogen-bond acceptors (Lipinski definition) is 4. The number of para-hydroxylation sites is 1. The average molecular weight is 424 g/mol. The van der Waals surface area contributed by atoms with Crippen LogP contribution in [0, 0.1) is 5.82 Å². The largest absolute Gasteiger partial charge is 0.507 e. The third-order valence-electron chi connectivity index (χ3n) is 5.44. The Balaban J connectivity index is 1.44. The molecular weight excluding hydrogens is 393 g/mol. The van der Waals surface area contributed by atoms with Crippen LogP contribution in [-0.4, -0.2) is 32.9 Å². The lowest BCUT2D eigenvalue weighted by Crippen LogP contribution is -2.24. The third-order valence-corrected chi connectivity index (χ3v) is 5.44. The molecule has 1 aromatic heterocycles. The summed E-state index contributed by atoms with van der Waals surface area (Å²) in [6.45, 7) is 5.07. The Morgan fingerprint density at radius 3 is 2.48 bits per heavy atom. The van der Waals surface area contributed by atoms with Gasteiger partial charge < -0.3 is 5.11 Å². The van der Waals surface area contributed by atoms with Gasteiger partial charge in [-0.1, -0.05) is 50.1 Å². The van der Waals surface area contributed by atoms with Crippen LogP contribution < -0.4 is 5.56 Å². The molecule has 0 spiro atoms. The Bertz CT molecular complexity index is 1040. The van der Waals surface area contributed by atoms with Crippen molar-refractivity contribution in [2.75, 3.05) is 13.1 Å². The van der Waals surface area contributed by atoms with E-state index < -0.39 is 0 Å². The molecule has 0 unspecified atom stereocenters. The first-order valence-corrected chi connectivity index (χ1v) is 10.9. The zero-order chi connectivity index (χ0) is 22.1. The zero-order valence-corrected chi connectivity index (χ0v) is 18.0. The highest BCUT2D eigenvalue weighted by atomic mass is 19.1. The summed E-state index contributed by atoms with van der Waals surface area (Å²) in [5.41, 5.74) is 1.80. The van der Waals surface area contributed by atoms with Crippen molar-refractivity contribution in [1.29, 1.82) is 0 Å². The molecule has 1 heterocycles. The normalized spacial score (nSPS) is 11.2. The fraction of sp³-hybridized carbons (Fsp3) is 0.360. The van der Waals surface area contributed by atoms with E-state index in [2.05, 4.69) is 16.9 Å². The number of rotatable bonds is 11. The van der Waals surface area contributed by atoms with E-state index in [-0.39, 0.29) is 17.1 Å². The van der Waals surface area contributed by atoms with Crippen molar-refractivity contribution in [2.45, 2.75) is 45.7 Å². The van der Waals surface area contributed by atoms with Crippen molar-refractivity contribution in [3.05, 3.63) is 82.4 Å². The Hall–Kier alpha value is -2.99. The second kappa shape index (κ2) is 11.4. The zero-order valence-electron chi connectivity index (χ0n) is 18.0. The molecule has 0 aliphatic carbocycles. The van der Waals surface area contributed by atoms with Gasteiger partial charge in [-0.3, -0.25) is 9.69 Å². The number of halogens is 1. The summed E-state index contributed by atoms with van der Waals surface area (Å²) < 4.78 is 15.3. The second-order valence-electron chi connectivity index (χ2n) is 7.67. The fourth-order valence-corrected chi connectivity index (χ4v) is 3.61. The molecule has 0 radical (unpaired) electrons. The van der Waals surface area contributed by atoms with Gasteiger partial charge in [0.25, 0.3) is 5.56 Å². The molecule has 0 fully saturated rings. The highest BCUT2D eigenvalue weighted by Crippen LogP contribution is 2.25. The SMILES string of the molecule is CCN(CCCCCCn1nc(-c2ccccc2O)ccc1=O)Cc1ccccc1F. The van der Waals surface area contributed by atoms with Gasteiger partial charge >= 0.3 is 0 Å². The molecule has 0 atom stereocenters. The monoisotopic (exact) mass is 423 g/mol. The molecular formula is C25H30FN3O2. The van der Waals surface area contributed by atoms with E-state index in [4.69, 9.17) is 0 Å². The van der Waals surface area contributed by atoms with E-state index >= 15 is 0 Å². The first kappa shape index (κ1) is 22.7. The van der Waals surface area contributed by atoms with E-state index in [1.165, 1.54) is 16.8 Å². The molecule has 3 rings (SSSR count). The van der Waals surface area contributed by atoms with Crippen molar-refractivity contribution in [3.8, 4) is 17.0 Å². The number of unbranched alkanes of at least 4 members (excludes halogenated alkanes) is 3. The lowest BCUT2D eigenvalue weighted by Gasteiger charge is -2.20. The quantitative estimate of drug-likeness (QED) is 0.449. The lowest BCUT2D eigenvalue weighted by atomic mass is 10.1. The van der Waals surface area contributed by atoms with Gasteiger partial charge in [-0.2, -0.15) is 5.10 Å². The minimum absolute atomic E-state index is 0.138. The van der Waals surface area contributed by atoms with E-state index in [0.717, 1.165) is 44.3 Å². The maximum atomic E-state index is 13.9. The number of hydrogen-bond donors (Lipinski definition) is 1. The molecule has 0 saturated carbocycles. The van der Waals surface area contributed by atoms with Gasteiger partial charge in [0.1, 0.15) is 11.6 Å². The smallest absolute Gasteiger partial charge is 0.266 e. The molecule has 0 aliphatic heterocycles. The summed E-state index contributed by atoms with van der Waals surface area (Å²) >= 11 is 0. The first-order chi connectivity index (χ1) is 15.1. The second-order valence-corrected chi connectivity index (χ2v) is 7.67. The summed E-state index contributed by atoms with van der Waals surface area (Å²) in [4.78, 5) is 14.4. The average Bonchev–Trinajstić information content (AvgIpc) is 2.78. The molecule has 164 valence electrons. The fourth-order valence-electron chi connectivity index (χ4n) is 3.61. The van der Waals surface area contributed by atoms with Crippen molar-refractivity contribution in [2.24, 2.45) is 0 Å². The number of nitrogens with zero attached hydrogens (tertiary/aromatic N) is 3. The van der Waals surface area contributed by atoms with Crippen LogP contribution in [0.3, 0.4) is 0 Å². The molecule has 31 heavy (non-hydrogen) atoms. The molecule has 3 aromatic rings. The van der Waals surface area contributed by atoms with Crippen molar-refractivity contribution < 1.29 is 9.50 Å². The standard InChI is InChI=1S/C25H30FN3O2/c1-2-28(19-20-11-5-7-13-22(20)26)17-9-3-4-10-18-29-25(31)16-15-23(27-29)21-12-6-8-14-24(21)30/h5-8,11-16,30H,2-4,9-10,17-19H2,1H3. The summed E-state index contributed by atoms with van der Waals surface area (Å²) in [7, 11) is 0. The Morgan fingerprint density at radius 2 is 1.71 bits per heavy atom. The summed E-state index contributed by atoms with van der Waals surface area (Å²) in [6.07, 6.45) is 3.92. The molecule has 0 saturated heterocycles. The molecule has 0 bridgehead atoms. The maximum Gasteiger partial charge on any atom is 0.266 e. The number of benzene rings is 2. The minimum atomic E-state index is -0.148. The van der Waals surface area contributed by atoms with Gasteiger partial charge in [0, 0.05) is 30.3 Å². The predicted octanol–water partition coefficient (Wildman–Crippen LogP) is 4.84. The highest BCUT2D eigenvalue weighted by Gasteiger charge is 2.09. The highest BCUT2D eigenvalue weighted by molar-refractivity contribution is 5.65. The van der Waals surface area contributed by atoms with Gasteiger partial charge in [-0.15, -0.1) is 0 Å². The van der Waals surface area contributed by atoms with Gasteiger partial charge in [0.2, 0.25) is 0 Å². The van der Waals surface area contributed by atoms with Gasteiger partial charge in [0.15, 0.2) is 0 Å². The first-order valence-electron chi connectivity index (χ1n) is 10.9. The van der Waals surface area contributed by atoms with Crippen molar-refractivity contribution >= 4 is 0 Å². The number of phenolic OH excluding ortho intramolecular Hbond substituents is 1. The van der Waals surface area contributed by atoms with Crippen molar-refractivity contribution in [1.82, 2.24) is 14.7 Å². The van der Waals surface area contributed by atoms with Crippen molar-refractivity contribution in [3.63, 3.8) is 0 Å². The van der Waals surface area contributed by atoms with Gasteiger partial charge in [-0.05, 0) is 50.2 Å². The number of aryl methyl sites for hydroxylation is 1. The number of phenols is 1.